The molecule has 15 heteroatoms. The Morgan fingerprint density at radius 2 is 1.98 bits per heavy atom. The lowest BCUT2D eigenvalue weighted by atomic mass is 9.81. The van der Waals surface area contributed by atoms with Crippen molar-refractivity contribution in [1.82, 2.24) is 40.0 Å². The molecule has 1 saturated carbocycles. The van der Waals surface area contributed by atoms with E-state index in [1.54, 1.807) is 10.7 Å². The van der Waals surface area contributed by atoms with E-state index in [1.807, 2.05) is 13.8 Å². The third kappa shape index (κ3) is 6.32. The normalized spacial score (nSPS) is 22.6. The van der Waals surface area contributed by atoms with E-state index in [0.717, 1.165) is 0 Å². The van der Waals surface area contributed by atoms with Crippen molar-refractivity contribution in [3.63, 3.8) is 0 Å². The average Bonchev–Trinajstić information content (AvgIpc) is 3.55. The highest BCUT2D eigenvalue weighted by Crippen LogP contribution is 2.41. The topological polar surface area (TPSA) is 119 Å². The minimum absolute atomic E-state index is 0.0497. The van der Waals surface area contributed by atoms with Crippen LogP contribution in [0.1, 0.15) is 79.9 Å². The number of hydrogen-bond acceptors (Lipinski definition) is 6. The van der Waals surface area contributed by atoms with Gasteiger partial charge in [-0.15, -0.1) is 0 Å². The molecule has 222 valence electrons. The van der Waals surface area contributed by atoms with Crippen molar-refractivity contribution in [3.8, 4) is 0 Å². The average molecular weight is 583 g/mol. The zero-order chi connectivity index (χ0) is 29.5. The van der Waals surface area contributed by atoms with Gasteiger partial charge in [0, 0.05) is 44.0 Å². The second-order valence-corrected chi connectivity index (χ2v) is 11.2. The zero-order valence-corrected chi connectivity index (χ0v) is 22.5. The minimum atomic E-state index is -4.42. The van der Waals surface area contributed by atoms with Gasteiger partial charge in [-0.3, -0.25) is 14.3 Å². The van der Waals surface area contributed by atoms with Gasteiger partial charge >= 0.3 is 6.18 Å². The van der Waals surface area contributed by atoms with Crippen molar-refractivity contribution in [2.45, 2.75) is 76.6 Å². The van der Waals surface area contributed by atoms with E-state index < -0.39 is 48.3 Å². The fourth-order valence-corrected chi connectivity index (χ4v) is 5.61. The van der Waals surface area contributed by atoms with Gasteiger partial charge in [0.15, 0.2) is 0 Å². The van der Waals surface area contributed by atoms with Crippen molar-refractivity contribution >= 4 is 17.6 Å². The van der Waals surface area contributed by atoms with Crippen molar-refractivity contribution in [3.05, 3.63) is 41.7 Å². The lowest BCUT2D eigenvalue weighted by molar-refractivity contribution is -0.183. The van der Waals surface area contributed by atoms with E-state index in [-0.39, 0.29) is 56.3 Å². The summed E-state index contributed by atoms with van der Waals surface area (Å²) in [5, 5.41) is 13.9. The van der Waals surface area contributed by atoms with Crippen LogP contribution >= 0.6 is 0 Å². The van der Waals surface area contributed by atoms with Crippen LogP contribution in [0.25, 0.3) is 5.78 Å². The molecule has 3 atom stereocenters. The number of halogens is 5. The van der Waals surface area contributed by atoms with Crippen LogP contribution in [0.4, 0.5) is 22.0 Å². The Kier molecular flexibility index (Phi) is 7.72. The Bertz CT molecular complexity index is 1410. The van der Waals surface area contributed by atoms with E-state index in [2.05, 4.69) is 30.8 Å². The zero-order valence-electron chi connectivity index (χ0n) is 22.5. The number of hydrogen-bond donors (Lipinski definition) is 2. The summed E-state index contributed by atoms with van der Waals surface area (Å²) >= 11 is 0. The molecule has 2 amide bonds. The van der Waals surface area contributed by atoms with Crippen LogP contribution < -0.4 is 10.6 Å². The van der Waals surface area contributed by atoms with Gasteiger partial charge in [0.05, 0.1) is 35.7 Å². The van der Waals surface area contributed by atoms with E-state index >= 15 is 0 Å². The molecule has 0 aromatic carbocycles. The van der Waals surface area contributed by atoms with Crippen LogP contribution in [-0.2, 0) is 11.2 Å². The first-order chi connectivity index (χ1) is 19.3. The largest absolute Gasteiger partial charge is 0.393 e. The summed E-state index contributed by atoms with van der Waals surface area (Å²) < 4.78 is 70.5. The van der Waals surface area contributed by atoms with Crippen molar-refractivity contribution in [2.24, 2.45) is 17.8 Å². The molecule has 1 saturated heterocycles. The number of nitrogens with one attached hydrogen (secondary N) is 2. The standard InChI is InChI=1S/C26H31F5N8O2/c1-14(2)39-20(5-8-34-39)23(41)36-21(15-3-6-25(27,28)7-4-15)19-13-38-24(35-19)33-12-18(37-38)10-16-9-17(26(29,30)31)11-32-22(16)40/h5,8,12-17,21H,3-4,6-7,9-11H2,1-2H3,(H,32,40)(H,36,41)/t16?,17-,21+/m1/s1. The van der Waals surface area contributed by atoms with Crippen molar-refractivity contribution in [1.29, 1.82) is 0 Å². The Morgan fingerprint density at radius 3 is 2.66 bits per heavy atom. The SMILES string of the molecule is CC(C)n1nccc1C(=O)N[C@H](c1cn2nc(CC3C[C@@H](C(F)(F)F)CNC3=O)cnc2n1)C1CCC(F)(F)CC1. The summed E-state index contributed by atoms with van der Waals surface area (Å²) in [5.74, 6) is -6.40. The molecule has 2 N–H and O–H groups in total. The molecule has 2 aliphatic rings. The first-order valence-electron chi connectivity index (χ1n) is 13.6. The third-order valence-electron chi connectivity index (χ3n) is 7.87. The second-order valence-electron chi connectivity index (χ2n) is 11.2. The number of carbonyl (C=O) groups excluding carboxylic acids is 2. The van der Waals surface area contributed by atoms with Gasteiger partial charge in [0.1, 0.15) is 5.69 Å². The number of aromatic nitrogens is 6. The number of nitrogens with zero attached hydrogens (tertiary/aromatic N) is 6. The molecule has 41 heavy (non-hydrogen) atoms. The van der Waals surface area contributed by atoms with Gasteiger partial charge in [-0.05, 0) is 45.1 Å². The van der Waals surface area contributed by atoms with Gasteiger partial charge in [-0.2, -0.15) is 23.4 Å². The first kappa shape index (κ1) is 28.9. The maximum absolute atomic E-state index is 14.0. The van der Waals surface area contributed by atoms with Gasteiger partial charge in [0.25, 0.3) is 11.7 Å². The van der Waals surface area contributed by atoms with Gasteiger partial charge in [0.2, 0.25) is 11.8 Å². The van der Waals surface area contributed by atoms with Crippen LogP contribution in [0.3, 0.4) is 0 Å². The van der Waals surface area contributed by atoms with E-state index in [4.69, 9.17) is 0 Å². The molecule has 0 bridgehead atoms. The fraction of sp³-hybridized carbons (Fsp3) is 0.615. The monoisotopic (exact) mass is 582 g/mol. The molecule has 3 aromatic heterocycles. The maximum atomic E-state index is 14.0. The minimum Gasteiger partial charge on any atom is -0.355 e. The molecule has 3 aromatic rings. The molecular weight excluding hydrogens is 551 g/mol. The number of carbonyl (C=O) groups is 2. The number of rotatable bonds is 7. The molecule has 1 aliphatic carbocycles. The molecule has 0 radical (unpaired) electrons. The summed E-state index contributed by atoms with van der Waals surface area (Å²) in [5.41, 5.74) is 0.980. The first-order valence-corrected chi connectivity index (χ1v) is 13.6. The number of piperidine rings is 1. The van der Waals surface area contributed by atoms with Gasteiger partial charge in [-0.25, -0.2) is 23.3 Å². The van der Waals surface area contributed by atoms with Crippen LogP contribution in [-0.4, -0.2) is 59.8 Å². The molecule has 2 fully saturated rings. The Balaban J connectivity index is 1.40. The smallest absolute Gasteiger partial charge is 0.355 e. The van der Waals surface area contributed by atoms with Crippen LogP contribution in [0.2, 0.25) is 0 Å². The number of amides is 2. The molecule has 0 spiro atoms. The lowest BCUT2D eigenvalue weighted by Crippen LogP contribution is -2.47. The summed E-state index contributed by atoms with van der Waals surface area (Å²) in [6.07, 6.45) is -0.727. The highest BCUT2D eigenvalue weighted by atomic mass is 19.4. The number of alkyl halides is 5. The van der Waals surface area contributed by atoms with Crippen LogP contribution in [0.15, 0.2) is 24.7 Å². The highest BCUT2D eigenvalue weighted by molar-refractivity contribution is 5.92. The van der Waals surface area contributed by atoms with E-state index in [9.17, 15) is 31.5 Å². The van der Waals surface area contributed by atoms with E-state index in [0.29, 0.717) is 17.1 Å². The third-order valence-corrected chi connectivity index (χ3v) is 7.87. The predicted octanol–water partition coefficient (Wildman–Crippen LogP) is 4.06. The lowest BCUT2D eigenvalue weighted by Gasteiger charge is -2.33. The molecule has 4 heterocycles. The highest BCUT2D eigenvalue weighted by Gasteiger charge is 2.45. The van der Waals surface area contributed by atoms with Gasteiger partial charge < -0.3 is 10.6 Å². The Morgan fingerprint density at radius 1 is 1.24 bits per heavy atom. The second kappa shape index (κ2) is 11.0. The van der Waals surface area contributed by atoms with E-state index in [1.165, 1.54) is 23.1 Å². The fourth-order valence-electron chi connectivity index (χ4n) is 5.61. The van der Waals surface area contributed by atoms with Crippen molar-refractivity contribution in [2.75, 3.05) is 6.54 Å². The maximum Gasteiger partial charge on any atom is 0.393 e. The molecule has 1 aliphatic heterocycles. The summed E-state index contributed by atoms with van der Waals surface area (Å²) in [6.45, 7) is 3.30. The quantitative estimate of drug-likeness (QED) is 0.406. The summed E-state index contributed by atoms with van der Waals surface area (Å²) in [4.78, 5) is 34.3. The Hall–Kier alpha value is -3.65. The van der Waals surface area contributed by atoms with Gasteiger partial charge in [-0.1, -0.05) is 0 Å². The number of imidazole rings is 1. The summed E-state index contributed by atoms with van der Waals surface area (Å²) in [7, 11) is 0. The molecule has 1 unspecified atom stereocenters. The van der Waals surface area contributed by atoms with Crippen LogP contribution in [0.5, 0.6) is 0 Å². The molecule has 5 rings (SSSR count). The molecule has 10 nitrogen and oxygen atoms in total. The number of fused-ring (bicyclic) bond motifs is 1. The van der Waals surface area contributed by atoms with Crippen molar-refractivity contribution < 1.29 is 31.5 Å². The summed E-state index contributed by atoms with van der Waals surface area (Å²) in [6, 6.07) is 0.764. The molecular formula is C26H31F5N8O2. The van der Waals surface area contributed by atoms with Crippen LogP contribution in [0, 0.1) is 17.8 Å². The Labute approximate surface area is 232 Å². The predicted molar refractivity (Wildman–Crippen MR) is 135 cm³/mol.